The molecule has 0 aromatic carbocycles. The Kier molecular flexibility index (Phi) is 2.31. The van der Waals surface area contributed by atoms with Gasteiger partial charge in [-0.05, 0) is 30.4 Å². The Hall–Kier alpha value is -0.900. The fraction of sp³-hybridized carbons (Fsp3) is 0.500. The Labute approximate surface area is 84.1 Å². The lowest BCUT2D eigenvalue weighted by atomic mass is 10.2. The molecule has 0 aliphatic heterocycles. The largest absolute Gasteiger partial charge is 0.253 e. The molecule has 14 heavy (non-hydrogen) atoms. The van der Waals surface area contributed by atoms with Crippen molar-refractivity contribution in [2.24, 2.45) is 0 Å². The molecule has 0 bridgehead atoms. The van der Waals surface area contributed by atoms with Crippen molar-refractivity contribution < 1.29 is 8.42 Å². The Balaban J connectivity index is 2.39. The van der Waals surface area contributed by atoms with Gasteiger partial charge in [-0.2, -0.15) is 0 Å². The Morgan fingerprint density at radius 1 is 1.57 bits per heavy atom. The fourth-order valence-corrected chi connectivity index (χ4v) is 2.16. The van der Waals surface area contributed by atoms with Crippen LogP contribution in [0.2, 0.25) is 0 Å². The van der Waals surface area contributed by atoms with Crippen molar-refractivity contribution in [3.8, 4) is 0 Å². The van der Waals surface area contributed by atoms with E-state index >= 15 is 0 Å². The van der Waals surface area contributed by atoms with Gasteiger partial charge in [-0.1, -0.05) is 6.92 Å². The van der Waals surface area contributed by atoms with Crippen LogP contribution in [0.25, 0.3) is 0 Å². The van der Waals surface area contributed by atoms with Gasteiger partial charge in [0.25, 0.3) is 0 Å². The number of sulfone groups is 1. The number of hydrogen-bond donors (Lipinski definition) is 0. The molecule has 0 unspecified atom stereocenters. The summed E-state index contributed by atoms with van der Waals surface area (Å²) in [6, 6.07) is 1.71. The normalized spacial score (nSPS) is 16.9. The first-order chi connectivity index (χ1) is 6.63. The fourth-order valence-electron chi connectivity index (χ4n) is 1.35. The van der Waals surface area contributed by atoms with Crippen LogP contribution in [0.5, 0.6) is 0 Å². The van der Waals surface area contributed by atoms with E-state index in [1.54, 1.807) is 19.2 Å². The molecule has 1 saturated carbocycles. The number of rotatable bonds is 3. The van der Waals surface area contributed by atoms with Crippen molar-refractivity contribution in [2.45, 2.75) is 30.6 Å². The van der Waals surface area contributed by atoms with Gasteiger partial charge in [-0.3, -0.25) is 4.98 Å². The van der Waals surface area contributed by atoms with Crippen LogP contribution in [0.1, 0.15) is 31.2 Å². The number of aromatic nitrogens is 1. The van der Waals surface area contributed by atoms with Crippen LogP contribution in [0.3, 0.4) is 0 Å². The quantitative estimate of drug-likeness (QED) is 0.760. The van der Waals surface area contributed by atoms with Gasteiger partial charge in [0.05, 0.1) is 10.6 Å². The van der Waals surface area contributed by atoms with E-state index in [4.69, 9.17) is 0 Å². The maximum Gasteiger partial charge on any atom is 0.180 e. The SMILES string of the molecule is CCS(=O)(=O)c1[c]ncc(C2CC2)c1. The molecule has 0 saturated heterocycles. The van der Waals surface area contributed by atoms with E-state index in [1.165, 1.54) is 0 Å². The number of nitrogens with zero attached hydrogens (tertiary/aromatic N) is 1. The molecule has 0 N–H and O–H groups in total. The number of hydrogen-bond acceptors (Lipinski definition) is 3. The summed E-state index contributed by atoms with van der Waals surface area (Å²) in [5.74, 6) is 0.641. The molecule has 1 radical (unpaired) electrons. The van der Waals surface area contributed by atoms with Gasteiger partial charge in [-0.25, -0.2) is 8.42 Å². The van der Waals surface area contributed by atoms with Crippen LogP contribution in [0.4, 0.5) is 0 Å². The van der Waals surface area contributed by atoms with Gasteiger partial charge < -0.3 is 0 Å². The van der Waals surface area contributed by atoms with Crippen LogP contribution in [0.15, 0.2) is 17.2 Å². The first kappa shape index (κ1) is 9.65. The summed E-state index contributed by atoms with van der Waals surface area (Å²) in [7, 11) is -3.14. The van der Waals surface area contributed by atoms with Crippen molar-refractivity contribution in [3.63, 3.8) is 0 Å². The zero-order valence-corrected chi connectivity index (χ0v) is 8.84. The Morgan fingerprint density at radius 3 is 2.86 bits per heavy atom. The van der Waals surface area contributed by atoms with Crippen molar-refractivity contribution in [2.75, 3.05) is 5.75 Å². The zero-order chi connectivity index (χ0) is 10.2. The minimum absolute atomic E-state index is 0.110. The molecular weight excluding hydrogens is 198 g/mol. The third kappa shape index (κ3) is 1.80. The predicted molar refractivity (Wildman–Crippen MR) is 52.8 cm³/mol. The molecule has 1 aliphatic carbocycles. The van der Waals surface area contributed by atoms with Crippen LogP contribution in [-0.4, -0.2) is 19.2 Å². The van der Waals surface area contributed by atoms with Crippen molar-refractivity contribution in [1.82, 2.24) is 4.98 Å². The Bertz CT molecular complexity index is 435. The molecule has 4 heteroatoms. The molecule has 0 amide bonds. The first-order valence-corrected chi connectivity index (χ1v) is 6.39. The predicted octanol–water partition coefficient (Wildman–Crippen LogP) is 1.55. The van der Waals surface area contributed by atoms with Gasteiger partial charge in [0.2, 0.25) is 0 Å². The smallest absolute Gasteiger partial charge is 0.180 e. The second kappa shape index (κ2) is 3.35. The molecule has 75 valence electrons. The first-order valence-electron chi connectivity index (χ1n) is 4.74. The van der Waals surface area contributed by atoms with Crippen LogP contribution < -0.4 is 0 Å². The third-order valence-electron chi connectivity index (χ3n) is 2.45. The van der Waals surface area contributed by atoms with E-state index in [0.717, 1.165) is 18.4 Å². The highest BCUT2D eigenvalue weighted by atomic mass is 32.2. The maximum atomic E-state index is 11.5. The molecule has 2 rings (SSSR count). The second-order valence-electron chi connectivity index (χ2n) is 3.56. The average Bonchev–Trinajstić information content (AvgIpc) is 3.01. The molecule has 0 spiro atoms. The summed E-state index contributed by atoms with van der Waals surface area (Å²) in [6.45, 7) is 1.63. The molecule has 1 aliphatic rings. The summed E-state index contributed by atoms with van der Waals surface area (Å²) in [6.07, 6.45) is 6.56. The molecule has 1 fully saturated rings. The van der Waals surface area contributed by atoms with Crippen LogP contribution >= 0.6 is 0 Å². The topological polar surface area (TPSA) is 47.0 Å². The molecule has 0 atom stereocenters. The lowest BCUT2D eigenvalue weighted by molar-refractivity contribution is 0.596. The lowest BCUT2D eigenvalue weighted by Crippen LogP contribution is -2.05. The second-order valence-corrected chi connectivity index (χ2v) is 5.80. The Morgan fingerprint density at radius 2 is 2.29 bits per heavy atom. The number of pyridine rings is 1. The van der Waals surface area contributed by atoms with E-state index in [0.29, 0.717) is 5.92 Å². The van der Waals surface area contributed by atoms with E-state index in [1.807, 2.05) is 0 Å². The minimum Gasteiger partial charge on any atom is -0.253 e. The molecule has 1 aromatic heterocycles. The van der Waals surface area contributed by atoms with E-state index < -0.39 is 9.84 Å². The highest BCUT2D eigenvalue weighted by Crippen LogP contribution is 2.40. The highest BCUT2D eigenvalue weighted by molar-refractivity contribution is 7.91. The molecule has 1 heterocycles. The van der Waals surface area contributed by atoms with E-state index in [2.05, 4.69) is 11.2 Å². The summed E-state index contributed by atoms with van der Waals surface area (Å²) >= 11 is 0. The monoisotopic (exact) mass is 210 g/mol. The summed E-state index contributed by atoms with van der Waals surface area (Å²) in [4.78, 5) is 4.10. The van der Waals surface area contributed by atoms with Gasteiger partial charge in [0.1, 0.15) is 6.20 Å². The molecule has 3 nitrogen and oxygen atoms in total. The van der Waals surface area contributed by atoms with Crippen molar-refractivity contribution in [3.05, 3.63) is 24.0 Å². The molecule has 1 aromatic rings. The highest BCUT2D eigenvalue weighted by Gasteiger charge is 2.25. The zero-order valence-electron chi connectivity index (χ0n) is 8.03. The van der Waals surface area contributed by atoms with E-state index in [-0.39, 0.29) is 10.6 Å². The summed E-state index contributed by atoms with van der Waals surface area (Å²) < 4.78 is 23.0. The van der Waals surface area contributed by atoms with Gasteiger partial charge in [-0.15, -0.1) is 0 Å². The molecular formula is C10H12NO2S. The van der Waals surface area contributed by atoms with Gasteiger partial charge >= 0.3 is 0 Å². The van der Waals surface area contributed by atoms with Crippen molar-refractivity contribution >= 4 is 9.84 Å². The minimum atomic E-state index is -3.14. The summed E-state index contributed by atoms with van der Waals surface area (Å²) in [5.41, 5.74) is 1.04. The average molecular weight is 210 g/mol. The van der Waals surface area contributed by atoms with Gasteiger partial charge in [0, 0.05) is 6.20 Å². The van der Waals surface area contributed by atoms with E-state index in [9.17, 15) is 8.42 Å². The van der Waals surface area contributed by atoms with Crippen LogP contribution in [0, 0.1) is 6.20 Å². The summed E-state index contributed by atoms with van der Waals surface area (Å²) in [5, 5.41) is 0. The lowest BCUT2D eigenvalue weighted by Gasteiger charge is -2.02. The third-order valence-corrected chi connectivity index (χ3v) is 4.09. The van der Waals surface area contributed by atoms with Gasteiger partial charge in [0.15, 0.2) is 9.84 Å². The van der Waals surface area contributed by atoms with Crippen LogP contribution in [-0.2, 0) is 9.84 Å². The van der Waals surface area contributed by atoms with Crippen molar-refractivity contribution in [1.29, 1.82) is 0 Å². The maximum absolute atomic E-state index is 11.5. The standard InChI is InChI=1S/C10H12NO2S/c1-2-14(12,13)10-5-9(6-11-7-10)8-3-4-8/h5-6,8H,2-4H2,1H3.